The molecule has 6 nitrogen and oxygen atoms in total. The molecule has 1 heterocycles. The van der Waals surface area contributed by atoms with Gasteiger partial charge in [-0.3, -0.25) is 14.5 Å². The summed E-state index contributed by atoms with van der Waals surface area (Å²) in [4.78, 5) is 26.7. The number of nitrogens with zero attached hydrogens (tertiary/aromatic N) is 2. The SMILES string of the molecule is CCC(C(=O)O)N(C)C(C)C(=O)N1CCOCC1. The van der Waals surface area contributed by atoms with Gasteiger partial charge in [-0.2, -0.15) is 0 Å². The van der Waals surface area contributed by atoms with E-state index < -0.39 is 18.1 Å². The Labute approximate surface area is 107 Å². The number of hydrogen-bond acceptors (Lipinski definition) is 4. The molecule has 6 heteroatoms. The molecule has 1 fully saturated rings. The van der Waals surface area contributed by atoms with Gasteiger partial charge in [-0.05, 0) is 20.4 Å². The Balaban J connectivity index is 2.63. The number of amides is 1. The molecule has 0 aliphatic carbocycles. The van der Waals surface area contributed by atoms with Crippen molar-refractivity contribution in [2.45, 2.75) is 32.4 Å². The molecular formula is C12H22N2O4. The number of carbonyl (C=O) groups is 2. The number of hydrogen-bond donors (Lipinski definition) is 1. The van der Waals surface area contributed by atoms with Gasteiger partial charge >= 0.3 is 5.97 Å². The number of morpholine rings is 1. The first-order chi connectivity index (χ1) is 8.49. The highest BCUT2D eigenvalue weighted by molar-refractivity contribution is 5.83. The Morgan fingerprint density at radius 3 is 2.39 bits per heavy atom. The van der Waals surface area contributed by atoms with E-state index in [0.29, 0.717) is 32.7 Å². The Hall–Kier alpha value is -1.14. The molecule has 1 saturated heterocycles. The summed E-state index contributed by atoms with van der Waals surface area (Å²) in [6.07, 6.45) is 0.479. The van der Waals surface area contributed by atoms with Gasteiger partial charge in [0, 0.05) is 13.1 Å². The lowest BCUT2D eigenvalue weighted by Crippen LogP contribution is -2.53. The highest BCUT2D eigenvalue weighted by atomic mass is 16.5. The monoisotopic (exact) mass is 258 g/mol. The van der Waals surface area contributed by atoms with Crippen molar-refractivity contribution >= 4 is 11.9 Å². The van der Waals surface area contributed by atoms with E-state index in [1.54, 1.807) is 30.7 Å². The van der Waals surface area contributed by atoms with Gasteiger partial charge in [0.2, 0.25) is 5.91 Å². The highest BCUT2D eigenvalue weighted by Gasteiger charge is 2.31. The molecule has 0 saturated carbocycles. The fourth-order valence-corrected chi connectivity index (χ4v) is 2.13. The minimum atomic E-state index is -0.887. The van der Waals surface area contributed by atoms with Gasteiger partial charge in [0.1, 0.15) is 6.04 Å². The normalized spacial score (nSPS) is 19.7. The Kier molecular flexibility index (Phi) is 5.55. The predicted molar refractivity (Wildman–Crippen MR) is 66.3 cm³/mol. The maximum Gasteiger partial charge on any atom is 0.320 e. The molecule has 0 radical (unpaired) electrons. The van der Waals surface area contributed by atoms with Crippen molar-refractivity contribution in [2.75, 3.05) is 33.4 Å². The number of carbonyl (C=O) groups excluding carboxylic acids is 1. The van der Waals surface area contributed by atoms with E-state index in [1.165, 1.54) is 0 Å². The average Bonchev–Trinajstić information content (AvgIpc) is 2.38. The van der Waals surface area contributed by atoms with Crippen LogP contribution in [-0.2, 0) is 14.3 Å². The van der Waals surface area contributed by atoms with Crippen LogP contribution >= 0.6 is 0 Å². The molecule has 0 aromatic carbocycles. The Bertz CT molecular complexity index is 302. The summed E-state index contributed by atoms with van der Waals surface area (Å²) in [5.41, 5.74) is 0. The maximum absolute atomic E-state index is 12.2. The number of aliphatic carboxylic acids is 1. The standard InChI is InChI=1S/C12H22N2O4/c1-4-10(12(16)17)13(3)9(2)11(15)14-5-7-18-8-6-14/h9-10H,4-8H2,1-3H3,(H,16,17). The third-order valence-electron chi connectivity index (χ3n) is 3.45. The summed E-state index contributed by atoms with van der Waals surface area (Å²) in [5, 5.41) is 9.10. The topological polar surface area (TPSA) is 70.1 Å². The molecule has 1 aliphatic rings. The quantitative estimate of drug-likeness (QED) is 0.753. The van der Waals surface area contributed by atoms with Gasteiger partial charge < -0.3 is 14.7 Å². The van der Waals surface area contributed by atoms with Crippen LogP contribution in [0.1, 0.15) is 20.3 Å². The third kappa shape index (κ3) is 3.43. The number of likely N-dealkylation sites (N-methyl/N-ethyl adjacent to an activating group) is 1. The second kappa shape index (κ2) is 6.70. The maximum atomic E-state index is 12.2. The number of carboxylic acids is 1. The predicted octanol–water partition coefficient (Wildman–Crippen LogP) is 0.0287. The van der Waals surface area contributed by atoms with E-state index in [-0.39, 0.29) is 5.91 Å². The van der Waals surface area contributed by atoms with E-state index in [4.69, 9.17) is 9.84 Å². The van der Waals surface area contributed by atoms with Crippen molar-refractivity contribution in [1.29, 1.82) is 0 Å². The molecule has 1 amide bonds. The van der Waals surface area contributed by atoms with Crippen LogP contribution in [-0.4, -0.2) is 72.2 Å². The molecule has 0 aromatic rings. The molecule has 18 heavy (non-hydrogen) atoms. The molecular weight excluding hydrogens is 236 g/mol. The second-order valence-corrected chi connectivity index (χ2v) is 4.54. The van der Waals surface area contributed by atoms with E-state index in [0.717, 1.165) is 0 Å². The van der Waals surface area contributed by atoms with Crippen LogP contribution in [0.2, 0.25) is 0 Å². The summed E-state index contributed by atoms with van der Waals surface area (Å²) in [6, 6.07) is -1.05. The van der Waals surface area contributed by atoms with Gasteiger partial charge in [0.05, 0.1) is 19.3 Å². The highest BCUT2D eigenvalue weighted by Crippen LogP contribution is 2.10. The zero-order chi connectivity index (χ0) is 13.7. The smallest absolute Gasteiger partial charge is 0.320 e. The largest absolute Gasteiger partial charge is 0.480 e. The van der Waals surface area contributed by atoms with Crippen molar-refractivity contribution in [3.8, 4) is 0 Å². The number of carboxylic acid groups (broad SMARTS) is 1. The van der Waals surface area contributed by atoms with Crippen molar-refractivity contribution in [2.24, 2.45) is 0 Å². The van der Waals surface area contributed by atoms with Gasteiger partial charge in [0.25, 0.3) is 0 Å². The minimum Gasteiger partial charge on any atom is -0.480 e. The molecule has 0 aromatic heterocycles. The summed E-state index contributed by atoms with van der Waals surface area (Å²) < 4.78 is 5.20. The first kappa shape index (κ1) is 14.9. The van der Waals surface area contributed by atoms with Crippen LogP contribution in [0, 0.1) is 0 Å². The summed E-state index contributed by atoms with van der Waals surface area (Å²) in [7, 11) is 1.69. The van der Waals surface area contributed by atoms with E-state index in [1.807, 2.05) is 0 Å². The molecule has 0 spiro atoms. The van der Waals surface area contributed by atoms with Gasteiger partial charge in [0.15, 0.2) is 0 Å². The molecule has 1 N–H and O–H groups in total. The van der Waals surface area contributed by atoms with Crippen LogP contribution in [0.5, 0.6) is 0 Å². The molecule has 104 valence electrons. The van der Waals surface area contributed by atoms with Crippen molar-refractivity contribution in [1.82, 2.24) is 9.80 Å². The lowest BCUT2D eigenvalue weighted by molar-refractivity contribution is -0.148. The van der Waals surface area contributed by atoms with Crippen molar-refractivity contribution in [3.63, 3.8) is 0 Å². The van der Waals surface area contributed by atoms with Gasteiger partial charge in [-0.1, -0.05) is 6.92 Å². The molecule has 2 unspecified atom stereocenters. The van der Waals surface area contributed by atoms with Crippen LogP contribution in [0.4, 0.5) is 0 Å². The first-order valence-electron chi connectivity index (χ1n) is 6.30. The Morgan fingerprint density at radius 1 is 1.39 bits per heavy atom. The van der Waals surface area contributed by atoms with E-state index in [2.05, 4.69) is 0 Å². The Morgan fingerprint density at radius 2 is 1.94 bits per heavy atom. The fraction of sp³-hybridized carbons (Fsp3) is 0.833. The first-order valence-corrected chi connectivity index (χ1v) is 6.30. The molecule has 1 aliphatic heterocycles. The third-order valence-corrected chi connectivity index (χ3v) is 3.45. The molecule has 0 bridgehead atoms. The zero-order valence-electron chi connectivity index (χ0n) is 11.3. The lowest BCUT2D eigenvalue weighted by Gasteiger charge is -2.34. The van der Waals surface area contributed by atoms with E-state index in [9.17, 15) is 9.59 Å². The van der Waals surface area contributed by atoms with Gasteiger partial charge in [-0.25, -0.2) is 0 Å². The average molecular weight is 258 g/mol. The fourth-order valence-electron chi connectivity index (χ4n) is 2.13. The van der Waals surface area contributed by atoms with Crippen molar-refractivity contribution in [3.05, 3.63) is 0 Å². The summed E-state index contributed by atoms with van der Waals surface area (Å²) >= 11 is 0. The van der Waals surface area contributed by atoms with Crippen LogP contribution in [0.25, 0.3) is 0 Å². The zero-order valence-corrected chi connectivity index (χ0v) is 11.3. The van der Waals surface area contributed by atoms with Crippen LogP contribution in [0.3, 0.4) is 0 Å². The van der Waals surface area contributed by atoms with E-state index >= 15 is 0 Å². The van der Waals surface area contributed by atoms with Gasteiger partial charge in [-0.15, -0.1) is 0 Å². The van der Waals surface area contributed by atoms with Crippen LogP contribution in [0.15, 0.2) is 0 Å². The van der Waals surface area contributed by atoms with Crippen LogP contribution < -0.4 is 0 Å². The molecule has 1 rings (SSSR count). The summed E-state index contributed by atoms with van der Waals surface area (Å²) in [5.74, 6) is -0.915. The van der Waals surface area contributed by atoms with Crippen molar-refractivity contribution < 1.29 is 19.4 Å². The summed E-state index contributed by atoms with van der Waals surface area (Å²) in [6.45, 7) is 5.84. The lowest BCUT2D eigenvalue weighted by atomic mass is 10.1. The second-order valence-electron chi connectivity index (χ2n) is 4.54. The molecule has 2 atom stereocenters. The number of ether oxygens (including phenoxy) is 1. The minimum absolute atomic E-state index is 0.0273. The number of rotatable bonds is 5.